The molecular formula is C25H26N4O5S. The molecule has 2 N–H and O–H groups in total. The number of rotatable bonds is 9. The average molecular weight is 495 g/mol. The Labute approximate surface area is 204 Å². The number of hydrogen-bond donors (Lipinski definition) is 2. The fraction of sp³-hybridized carbons (Fsp3) is 0.240. The van der Waals surface area contributed by atoms with Crippen molar-refractivity contribution in [2.24, 2.45) is 0 Å². The molecule has 0 spiro atoms. The van der Waals surface area contributed by atoms with Gasteiger partial charge in [-0.25, -0.2) is 13.1 Å². The van der Waals surface area contributed by atoms with Crippen LogP contribution in [-0.4, -0.2) is 38.0 Å². The van der Waals surface area contributed by atoms with Crippen LogP contribution in [0.2, 0.25) is 0 Å². The van der Waals surface area contributed by atoms with Crippen molar-refractivity contribution in [1.82, 2.24) is 9.29 Å². The van der Waals surface area contributed by atoms with Gasteiger partial charge in [-0.3, -0.25) is 14.2 Å². The second-order valence-corrected chi connectivity index (χ2v) is 9.65. The van der Waals surface area contributed by atoms with Crippen molar-refractivity contribution < 1.29 is 22.7 Å². The summed E-state index contributed by atoms with van der Waals surface area (Å²) in [5, 5.41) is 12.3. The summed E-state index contributed by atoms with van der Waals surface area (Å²) >= 11 is 0. The van der Waals surface area contributed by atoms with Crippen molar-refractivity contribution in [2.45, 2.75) is 32.1 Å². The maximum Gasteiger partial charge on any atom is 0.307 e. The molecule has 1 amide bonds. The number of nitriles is 1. The van der Waals surface area contributed by atoms with E-state index < -0.39 is 28.5 Å². The fourth-order valence-corrected chi connectivity index (χ4v) is 4.47. The van der Waals surface area contributed by atoms with E-state index in [9.17, 15) is 23.3 Å². The molecule has 9 nitrogen and oxygen atoms in total. The molecule has 0 saturated carbocycles. The largest absolute Gasteiger partial charge is 0.456 e. The fourth-order valence-electron chi connectivity index (χ4n) is 3.44. The number of anilines is 1. The maximum absolute atomic E-state index is 12.5. The van der Waals surface area contributed by atoms with Gasteiger partial charge in [0.05, 0.1) is 16.9 Å². The zero-order valence-electron chi connectivity index (χ0n) is 19.7. The van der Waals surface area contributed by atoms with Crippen molar-refractivity contribution in [3.63, 3.8) is 0 Å². The number of nitrogens with one attached hydrogen (secondary N) is 2. The molecule has 1 heterocycles. The smallest absolute Gasteiger partial charge is 0.307 e. The minimum Gasteiger partial charge on any atom is -0.456 e. The SMILES string of the molecule is Cc1ccc(S(=O)(=O)NCCC(=O)OCC(=O)Nc2c(C#N)c(C)c(C)n2-c2ccccc2)cc1. The first-order valence-electron chi connectivity index (χ1n) is 10.8. The highest BCUT2D eigenvalue weighted by molar-refractivity contribution is 7.89. The minimum atomic E-state index is -3.76. The van der Waals surface area contributed by atoms with Gasteiger partial charge in [-0.2, -0.15) is 5.26 Å². The molecule has 0 fully saturated rings. The van der Waals surface area contributed by atoms with Gasteiger partial charge in [0.2, 0.25) is 10.0 Å². The van der Waals surface area contributed by atoms with Gasteiger partial charge < -0.3 is 10.1 Å². The summed E-state index contributed by atoms with van der Waals surface area (Å²) < 4.78 is 33.6. The van der Waals surface area contributed by atoms with E-state index >= 15 is 0 Å². The van der Waals surface area contributed by atoms with Gasteiger partial charge in [-0.15, -0.1) is 0 Å². The Morgan fingerprint density at radius 3 is 2.31 bits per heavy atom. The Balaban J connectivity index is 1.58. The van der Waals surface area contributed by atoms with Crippen LogP contribution in [0.15, 0.2) is 59.5 Å². The van der Waals surface area contributed by atoms with Crippen LogP contribution in [0.25, 0.3) is 5.69 Å². The van der Waals surface area contributed by atoms with E-state index in [0.29, 0.717) is 11.4 Å². The number of hydrogen-bond acceptors (Lipinski definition) is 6. The third-order valence-electron chi connectivity index (χ3n) is 5.41. The van der Waals surface area contributed by atoms with Gasteiger partial charge in [0.15, 0.2) is 6.61 Å². The van der Waals surface area contributed by atoms with Crippen molar-refractivity contribution in [3.8, 4) is 11.8 Å². The highest BCUT2D eigenvalue weighted by Crippen LogP contribution is 2.29. The molecular weight excluding hydrogens is 468 g/mol. The molecule has 1 aromatic heterocycles. The van der Waals surface area contributed by atoms with Crippen LogP contribution in [0.1, 0.15) is 28.8 Å². The second-order valence-electron chi connectivity index (χ2n) is 7.89. The third-order valence-corrected chi connectivity index (χ3v) is 6.89. The van der Waals surface area contributed by atoms with Crippen LogP contribution >= 0.6 is 0 Å². The Morgan fingerprint density at radius 1 is 1.03 bits per heavy atom. The topological polar surface area (TPSA) is 130 Å². The van der Waals surface area contributed by atoms with Crippen molar-refractivity contribution in [2.75, 3.05) is 18.5 Å². The number of aryl methyl sites for hydroxylation is 1. The number of amides is 1. The van der Waals surface area contributed by atoms with Crippen molar-refractivity contribution >= 4 is 27.7 Å². The first-order chi connectivity index (χ1) is 16.6. The van der Waals surface area contributed by atoms with E-state index in [1.165, 1.54) is 12.1 Å². The molecule has 0 aliphatic carbocycles. The monoisotopic (exact) mass is 494 g/mol. The maximum atomic E-state index is 12.5. The number of esters is 1. The highest BCUT2D eigenvalue weighted by atomic mass is 32.2. The standard InChI is InChI=1S/C25H26N4O5S/c1-17-9-11-21(12-10-17)35(32,33)27-14-13-24(31)34-16-23(30)28-25-22(15-26)18(2)19(3)29(25)20-7-5-4-6-8-20/h4-12,27H,13-14,16H2,1-3H3,(H,28,30). The number of para-hydroxylation sites is 1. The van der Waals surface area contributed by atoms with Crippen molar-refractivity contribution in [3.05, 3.63) is 77.0 Å². The molecule has 3 rings (SSSR count). The minimum absolute atomic E-state index is 0.0937. The van der Waals surface area contributed by atoms with E-state index in [-0.39, 0.29) is 17.9 Å². The molecule has 0 unspecified atom stereocenters. The Hall–Kier alpha value is -3.94. The summed E-state index contributed by atoms with van der Waals surface area (Å²) in [5.74, 6) is -1.07. The first-order valence-corrected chi connectivity index (χ1v) is 12.3. The molecule has 0 atom stereocenters. The lowest BCUT2D eigenvalue weighted by molar-refractivity contribution is -0.147. The Kier molecular flexibility index (Phi) is 8.06. The van der Waals surface area contributed by atoms with Crippen LogP contribution in [-0.2, 0) is 24.3 Å². The van der Waals surface area contributed by atoms with Crippen LogP contribution in [0, 0.1) is 32.1 Å². The van der Waals surface area contributed by atoms with Gasteiger partial charge in [0, 0.05) is 17.9 Å². The summed E-state index contributed by atoms with van der Waals surface area (Å²) in [7, 11) is -3.76. The van der Waals surface area contributed by atoms with E-state index in [1.54, 1.807) is 23.6 Å². The number of carbonyl (C=O) groups is 2. The molecule has 0 aliphatic rings. The summed E-state index contributed by atoms with van der Waals surface area (Å²) in [6.07, 6.45) is -0.250. The number of nitrogens with zero attached hydrogens (tertiary/aromatic N) is 2. The zero-order valence-corrected chi connectivity index (χ0v) is 20.5. The summed E-state index contributed by atoms with van der Waals surface area (Å²) in [4.78, 5) is 24.6. The predicted octanol–water partition coefficient (Wildman–Crippen LogP) is 3.12. The van der Waals surface area contributed by atoms with E-state index in [1.807, 2.05) is 44.2 Å². The normalized spacial score (nSPS) is 11.0. The molecule has 3 aromatic rings. The molecule has 0 saturated heterocycles. The molecule has 2 aromatic carbocycles. The van der Waals surface area contributed by atoms with Gasteiger partial charge >= 0.3 is 5.97 Å². The molecule has 0 bridgehead atoms. The lowest BCUT2D eigenvalue weighted by Gasteiger charge is -2.13. The highest BCUT2D eigenvalue weighted by Gasteiger charge is 2.21. The predicted molar refractivity (Wildman–Crippen MR) is 131 cm³/mol. The number of aromatic nitrogens is 1. The van der Waals surface area contributed by atoms with Gasteiger partial charge in [0.1, 0.15) is 11.9 Å². The van der Waals surface area contributed by atoms with Gasteiger partial charge in [-0.1, -0.05) is 35.9 Å². The van der Waals surface area contributed by atoms with Crippen LogP contribution < -0.4 is 10.0 Å². The molecule has 10 heteroatoms. The quantitative estimate of drug-likeness (QED) is 0.440. The molecule has 35 heavy (non-hydrogen) atoms. The second kappa shape index (κ2) is 11.0. The summed E-state index contributed by atoms with van der Waals surface area (Å²) in [5.41, 5.74) is 3.53. The molecule has 0 radical (unpaired) electrons. The average Bonchev–Trinajstić information content (AvgIpc) is 3.07. The van der Waals surface area contributed by atoms with Crippen LogP contribution in [0.4, 0.5) is 5.82 Å². The van der Waals surface area contributed by atoms with Crippen LogP contribution in [0.5, 0.6) is 0 Å². The van der Waals surface area contributed by atoms with Crippen LogP contribution in [0.3, 0.4) is 0 Å². The van der Waals surface area contributed by atoms with E-state index in [4.69, 9.17) is 4.74 Å². The third kappa shape index (κ3) is 6.15. The number of carbonyl (C=O) groups excluding carboxylic acids is 2. The summed E-state index contributed by atoms with van der Waals surface area (Å²) in [6, 6.07) is 17.7. The van der Waals surface area contributed by atoms with E-state index in [2.05, 4.69) is 16.1 Å². The number of ether oxygens (including phenoxy) is 1. The molecule has 182 valence electrons. The summed E-state index contributed by atoms with van der Waals surface area (Å²) in [6.45, 7) is 4.73. The Bertz CT molecular complexity index is 1370. The van der Waals surface area contributed by atoms with Gasteiger partial charge in [0.25, 0.3) is 5.91 Å². The first kappa shape index (κ1) is 25.7. The number of benzene rings is 2. The van der Waals surface area contributed by atoms with Crippen molar-refractivity contribution in [1.29, 1.82) is 5.26 Å². The molecule has 0 aliphatic heterocycles. The van der Waals surface area contributed by atoms with E-state index in [0.717, 1.165) is 22.5 Å². The lowest BCUT2D eigenvalue weighted by Crippen LogP contribution is -2.28. The van der Waals surface area contributed by atoms with Gasteiger partial charge in [-0.05, 0) is 50.6 Å². The Morgan fingerprint density at radius 2 is 1.69 bits per heavy atom. The number of sulfonamides is 1. The zero-order chi connectivity index (χ0) is 25.6. The lowest BCUT2D eigenvalue weighted by atomic mass is 10.2.